The number of aromatic amines is 1. The van der Waals surface area contributed by atoms with Gasteiger partial charge in [-0.3, -0.25) is 10.1 Å². The van der Waals surface area contributed by atoms with E-state index < -0.39 is 0 Å². The summed E-state index contributed by atoms with van der Waals surface area (Å²) in [6, 6.07) is 17.6. The number of H-pyrrole nitrogens is 1. The monoisotopic (exact) mass is 892 g/mol. The van der Waals surface area contributed by atoms with Crippen LogP contribution in [-0.2, 0) is 0 Å². The first kappa shape index (κ1) is 43.4. The van der Waals surface area contributed by atoms with Crippen molar-refractivity contribution in [2.45, 2.75) is 129 Å². The van der Waals surface area contributed by atoms with Crippen LogP contribution in [0.1, 0.15) is 133 Å². The molecule has 1 spiro atoms. The number of hydrogen-bond acceptors (Lipinski definition) is 14. The van der Waals surface area contributed by atoms with Crippen molar-refractivity contribution < 1.29 is 9.47 Å². The van der Waals surface area contributed by atoms with Crippen molar-refractivity contribution >= 4 is 45.0 Å². The predicted molar refractivity (Wildman–Crippen MR) is 256 cm³/mol. The van der Waals surface area contributed by atoms with Crippen molar-refractivity contribution in [3.8, 4) is 12.0 Å². The number of rotatable bonds is 13. The van der Waals surface area contributed by atoms with E-state index in [-0.39, 0.29) is 30.2 Å². The molecule has 3 aliphatic rings. The van der Waals surface area contributed by atoms with Crippen molar-refractivity contribution in [1.29, 1.82) is 0 Å². The van der Waals surface area contributed by atoms with Gasteiger partial charge in [-0.1, -0.05) is 64.1 Å². The lowest BCUT2D eigenvalue weighted by molar-refractivity contribution is -0.0810. The van der Waals surface area contributed by atoms with Gasteiger partial charge in [0.15, 0.2) is 11.3 Å². The van der Waals surface area contributed by atoms with Crippen LogP contribution in [0.2, 0.25) is 0 Å². The van der Waals surface area contributed by atoms with Crippen molar-refractivity contribution in [2.24, 2.45) is 11.1 Å². The predicted octanol–water partition coefficient (Wildman–Crippen LogP) is 8.44. The van der Waals surface area contributed by atoms with Gasteiger partial charge in [0.1, 0.15) is 12.2 Å². The topological polar surface area (TPSA) is 208 Å². The number of anilines is 2. The van der Waals surface area contributed by atoms with E-state index in [0.29, 0.717) is 41.3 Å². The van der Waals surface area contributed by atoms with Crippen molar-refractivity contribution in [2.75, 3.05) is 23.7 Å². The van der Waals surface area contributed by atoms with Crippen LogP contribution in [0.25, 0.3) is 33.1 Å². The lowest BCUT2D eigenvalue weighted by Gasteiger charge is -2.56. The Bertz CT molecular complexity index is 2950. The summed E-state index contributed by atoms with van der Waals surface area (Å²) in [4.78, 5) is 23.5. The van der Waals surface area contributed by atoms with Gasteiger partial charge in [-0.25, -0.2) is 0 Å². The van der Waals surface area contributed by atoms with E-state index in [9.17, 15) is 0 Å². The fourth-order valence-corrected chi connectivity index (χ4v) is 10.0. The summed E-state index contributed by atoms with van der Waals surface area (Å²) in [5.41, 5.74) is 14.4. The third kappa shape index (κ3) is 8.57. The summed E-state index contributed by atoms with van der Waals surface area (Å²) >= 11 is 0. The minimum atomic E-state index is -0.0299. The number of ether oxygens (including phenoxy) is 2. The van der Waals surface area contributed by atoms with Crippen molar-refractivity contribution in [1.82, 2.24) is 59.7 Å². The lowest BCUT2D eigenvalue weighted by atomic mass is 9.53. The molecule has 17 nitrogen and oxygen atoms in total. The number of pyridine rings is 1. The van der Waals surface area contributed by atoms with Crippen LogP contribution in [0.4, 0.5) is 11.9 Å². The van der Waals surface area contributed by atoms with E-state index in [1.807, 2.05) is 55.1 Å². The molecule has 1 saturated heterocycles. The van der Waals surface area contributed by atoms with Crippen molar-refractivity contribution in [3.63, 3.8) is 0 Å². The second kappa shape index (κ2) is 18.1. The molecule has 6 aromatic heterocycles. The van der Waals surface area contributed by atoms with E-state index in [2.05, 4.69) is 101 Å². The molecule has 8 aromatic rings. The number of para-hydroxylation sites is 1. The molecule has 66 heavy (non-hydrogen) atoms. The third-order valence-corrected chi connectivity index (χ3v) is 13.8. The number of piperidine rings is 1. The number of benzene rings is 2. The average molecular weight is 892 g/mol. The molecule has 7 heterocycles. The molecule has 4 unspecified atom stereocenters. The molecule has 2 aliphatic carbocycles. The maximum atomic E-state index is 6.27. The van der Waals surface area contributed by atoms with Gasteiger partial charge in [0.05, 0.1) is 41.7 Å². The molecule has 2 saturated carbocycles. The van der Waals surface area contributed by atoms with Crippen LogP contribution in [0, 0.1) is 5.41 Å². The second-order valence-corrected chi connectivity index (χ2v) is 19.0. The number of nitrogens with one attached hydrogen (secondary N) is 4. The largest absolute Gasteiger partial charge is 0.460 e. The molecular formula is C49H61N15O2. The van der Waals surface area contributed by atoms with Gasteiger partial charge in [0.2, 0.25) is 11.9 Å². The molecule has 17 heteroatoms. The maximum Gasteiger partial charge on any atom is 0.322 e. The number of fused-ring (bicyclic) bond motifs is 4. The van der Waals surface area contributed by atoms with E-state index in [0.717, 1.165) is 113 Å². The first-order valence-electron chi connectivity index (χ1n) is 23.6. The summed E-state index contributed by atoms with van der Waals surface area (Å²) in [5, 5.41) is 29.2. The van der Waals surface area contributed by atoms with Crippen LogP contribution >= 0.6 is 0 Å². The van der Waals surface area contributed by atoms with Gasteiger partial charge in [0, 0.05) is 40.7 Å². The fourth-order valence-electron chi connectivity index (χ4n) is 10.0. The number of hydrogen-bond donors (Lipinski definition) is 5. The molecule has 4 atom stereocenters. The van der Waals surface area contributed by atoms with Gasteiger partial charge in [-0.2, -0.15) is 44.3 Å². The number of nitrogens with two attached hydrogens (primary N) is 1. The average Bonchev–Trinajstić information content (AvgIpc) is 4.07. The smallest absolute Gasteiger partial charge is 0.322 e. The molecule has 6 N–H and O–H groups in total. The van der Waals surface area contributed by atoms with Crippen molar-refractivity contribution in [3.05, 3.63) is 95.6 Å². The highest BCUT2D eigenvalue weighted by atomic mass is 16.5. The summed E-state index contributed by atoms with van der Waals surface area (Å²) < 4.78 is 16.1. The Kier molecular flexibility index (Phi) is 11.9. The van der Waals surface area contributed by atoms with Gasteiger partial charge in [-0.15, -0.1) is 0 Å². The van der Waals surface area contributed by atoms with E-state index in [1.54, 1.807) is 9.03 Å². The van der Waals surface area contributed by atoms with E-state index in [1.165, 1.54) is 0 Å². The van der Waals surface area contributed by atoms with Crippen LogP contribution < -0.4 is 31.2 Å². The van der Waals surface area contributed by atoms with Crippen LogP contribution in [0.5, 0.6) is 12.0 Å². The van der Waals surface area contributed by atoms with Gasteiger partial charge >= 0.3 is 12.0 Å². The Morgan fingerprint density at radius 2 is 1.42 bits per heavy atom. The molecule has 11 rings (SSSR count). The summed E-state index contributed by atoms with van der Waals surface area (Å²) in [5.74, 6) is 1.88. The molecule has 0 radical (unpaired) electrons. The fraction of sp³-hybridized carbons (Fsp3) is 0.469. The zero-order valence-electron chi connectivity index (χ0n) is 38.7. The summed E-state index contributed by atoms with van der Waals surface area (Å²) in [7, 11) is 0. The first-order valence-corrected chi connectivity index (χ1v) is 23.6. The highest BCUT2D eigenvalue weighted by Gasteiger charge is 2.53. The molecule has 0 amide bonds. The van der Waals surface area contributed by atoms with Crippen LogP contribution in [0.3, 0.4) is 0 Å². The molecule has 1 aliphatic heterocycles. The quantitative estimate of drug-likeness (QED) is 0.0736. The highest BCUT2D eigenvalue weighted by molar-refractivity contribution is 5.83. The number of nitrogens with zero attached hydrogens (tertiary/aromatic N) is 10. The van der Waals surface area contributed by atoms with Gasteiger partial charge in [0.25, 0.3) is 0 Å². The van der Waals surface area contributed by atoms with E-state index >= 15 is 0 Å². The SMILES string of the molecule is CC(C)c1cnn2c(NC(C)c3cccc4ncccc34)nc(OC3CC4(CC(N)C4)C3)nc12.CCC(C)c1cnn2c(NC(C)c3cccc4cn[nH]c34)nc(OC3CCCNC3)nc12. The normalized spacial score (nSPS) is 21.8. The number of aromatic nitrogens is 11. The van der Waals surface area contributed by atoms with Crippen LogP contribution in [0.15, 0.2) is 73.3 Å². The summed E-state index contributed by atoms with van der Waals surface area (Å²) in [6.07, 6.45) is 15.0. The Hall–Kier alpha value is -6.46. The molecule has 2 aromatic carbocycles. The zero-order valence-corrected chi connectivity index (χ0v) is 38.7. The zero-order chi connectivity index (χ0) is 45.5. The molecule has 3 fully saturated rings. The molecule has 344 valence electrons. The first-order chi connectivity index (χ1) is 32.0. The minimum absolute atomic E-state index is 0.0195. The van der Waals surface area contributed by atoms with Crippen LogP contribution in [-0.4, -0.2) is 85.7 Å². The second-order valence-electron chi connectivity index (χ2n) is 19.0. The minimum Gasteiger partial charge on any atom is -0.460 e. The van der Waals surface area contributed by atoms with Gasteiger partial charge < -0.3 is 31.2 Å². The summed E-state index contributed by atoms with van der Waals surface area (Å²) in [6.45, 7) is 14.7. The lowest BCUT2D eigenvalue weighted by Crippen LogP contribution is -2.56. The Morgan fingerprint density at radius 1 is 0.758 bits per heavy atom. The molecular weight excluding hydrogens is 831 g/mol. The molecule has 0 bridgehead atoms. The highest BCUT2D eigenvalue weighted by Crippen LogP contribution is 2.56. The maximum absolute atomic E-state index is 6.27. The Morgan fingerprint density at radius 3 is 2.11 bits per heavy atom. The standard InChI is InChI=1S/C26H31N7O.C23H30N8O/c1-15(2)21-14-29-33-23(21)31-25(34-18-12-26(13-18)10-17(27)11-26)32-24(33)30-16(3)19-6-4-8-22-20(19)7-5-9-28-22;1-4-14(2)19-13-26-31-21(19)28-23(32-17-8-6-10-24-12-17)29-22(31)27-15(3)18-9-5-7-16-11-25-30-20(16)18/h4-9,14-18H,10-13,27H2,1-3H3,(H,30,31,32);5,7,9,11,13-15,17,24H,4,6,8,10,12H2,1-3H3,(H,25,30)(H,27,28,29). The Balaban J connectivity index is 0.000000155. The van der Waals surface area contributed by atoms with E-state index in [4.69, 9.17) is 35.1 Å². The van der Waals surface area contributed by atoms with Gasteiger partial charge in [-0.05, 0) is 106 Å². The third-order valence-electron chi connectivity index (χ3n) is 13.8. The Labute approximate surface area is 384 Å².